The molecule has 4 heterocycles. The Kier molecular flexibility index (Phi) is 22.0. The molecule has 5 aliphatic rings. The van der Waals surface area contributed by atoms with E-state index in [1.807, 2.05) is 27.7 Å². The molecule has 4 fully saturated rings. The van der Waals surface area contributed by atoms with Gasteiger partial charge in [0.25, 0.3) is 0 Å². The van der Waals surface area contributed by atoms with Crippen LogP contribution < -0.4 is 18.9 Å². The Labute approximate surface area is 491 Å². The summed E-state index contributed by atoms with van der Waals surface area (Å²) in [6.07, 6.45) is -14.2. The van der Waals surface area contributed by atoms with Crippen LogP contribution in [0.2, 0.25) is 0 Å². The third-order valence-electron chi connectivity index (χ3n) is 16.8. The van der Waals surface area contributed by atoms with Crippen molar-refractivity contribution < 1.29 is 99.2 Å². The lowest BCUT2D eigenvalue weighted by molar-refractivity contribution is -0.127. The molecule has 84 heavy (non-hydrogen) atoms. The van der Waals surface area contributed by atoms with Crippen molar-refractivity contribution in [3.05, 3.63) is 115 Å². The van der Waals surface area contributed by atoms with Gasteiger partial charge in [-0.2, -0.15) is 0 Å². The zero-order chi connectivity index (χ0) is 59.9. The lowest BCUT2D eigenvalue weighted by Crippen LogP contribution is -2.32. The summed E-state index contributed by atoms with van der Waals surface area (Å²) in [5, 5.41) is 127. The molecule has 1 aliphatic carbocycles. The summed E-state index contributed by atoms with van der Waals surface area (Å²) in [6.45, 7) is 9.63. The second-order valence-electron chi connectivity index (χ2n) is 23.4. The van der Waals surface area contributed by atoms with Crippen LogP contribution in [-0.4, -0.2) is 186 Å². The Morgan fingerprint density at radius 2 is 0.476 bits per heavy atom. The third-order valence-corrected chi connectivity index (χ3v) is 16.8. The molecule has 20 heteroatoms. The quantitative estimate of drug-likeness (QED) is 0.0423. The standard InChI is InChI=1S/C64H88O20/c1-5-17-77-57-37-21-33(9-13-45-49(65)53(69)61(73)81-45)22-38(57)30-40-24-35(11-15-47-51(67)55(71)63(75)83-47)26-42(59(40)79-19-7-3)32-44-28-36(12-16-48-52(68)56(72)64(76)84-48)27-43(60(44)80-20-8-4)31-41-25-34(23-39(29-37)58(41)78-18-6-2)10-14-46-50(66)54(70)62(74)82-46/h21-28,45-56,61-76H,5-20,29-32H2,1-4H3/t45-,46-,47-,48-,49+,50+,51+,52+,53+,54+,55+,56+,61+,62+,63+,64+/m0/s1. The molecule has 9 rings (SSSR count). The van der Waals surface area contributed by atoms with Crippen molar-refractivity contribution in [2.24, 2.45) is 0 Å². The first-order chi connectivity index (χ1) is 40.4. The third kappa shape index (κ3) is 14.7. The molecule has 0 amide bonds. The molecule has 4 aliphatic heterocycles. The van der Waals surface area contributed by atoms with E-state index >= 15 is 0 Å². The number of hydrogen-bond donors (Lipinski definition) is 12. The Morgan fingerprint density at radius 3 is 0.619 bits per heavy atom. The number of rotatable bonds is 24. The number of benzene rings is 4. The zero-order valence-corrected chi connectivity index (χ0v) is 48.6. The number of aryl methyl sites for hydroxylation is 4. The van der Waals surface area contributed by atoms with Crippen LogP contribution in [0.3, 0.4) is 0 Å². The van der Waals surface area contributed by atoms with Gasteiger partial charge in [-0.1, -0.05) is 76.2 Å². The molecule has 4 aromatic carbocycles. The first kappa shape index (κ1) is 63.9. The lowest BCUT2D eigenvalue weighted by Gasteiger charge is -2.25. The largest absolute Gasteiger partial charge is 0.493 e. The first-order valence-electron chi connectivity index (χ1n) is 30.3. The number of fused-ring (bicyclic) bond motifs is 8. The SMILES string of the molecule is CCCOc1c2cc(CC[C@@H]3O[C@@H](O)[C@H](O)[C@@H]3O)cc1Cc1cc(CC[C@@H]3O[C@@H](O)[C@H](O)[C@@H]3O)cc(c1OCCC)Cc1cc(CC[C@@H]3O[C@@H](O)[C@H](O)[C@@H]3O)cc(c1OCCC)Cc1cc(CC[C@@H]3O[C@@H](O)[C@H](O)[C@@H]3O)cc(c1OCCC)C2. The van der Waals surface area contributed by atoms with Gasteiger partial charge in [-0.15, -0.1) is 0 Å². The fourth-order valence-corrected chi connectivity index (χ4v) is 12.4. The number of aliphatic hydroxyl groups excluding tert-OH is 12. The van der Waals surface area contributed by atoms with Gasteiger partial charge in [0.1, 0.15) is 71.8 Å². The molecule has 4 aromatic rings. The van der Waals surface area contributed by atoms with Gasteiger partial charge in [0.05, 0.1) is 50.8 Å². The van der Waals surface area contributed by atoms with Crippen LogP contribution in [-0.2, 0) is 70.3 Å². The number of hydrogen-bond acceptors (Lipinski definition) is 20. The molecule has 16 atom stereocenters. The smallest absolute Gasteiger partial charge is 0.183 e. The number of ether oxygens (including phenoxy) is 8. The molecule has 20 nitrogen and oxygen atoms in total. The van der Waals surface area contributed by atoms with E-state index < -0.39 is 98.4 Å². The van der Waals surface area contributed by atoms with Crippen LogP contribution in [0, 0.1) is 0 Å². The summed E-state index contributed by atoms with van der Waals surface area (Å²) in [5.41, 5.74) is 10.0. The summed E-state index contributed by atoms with van der Waals surface area (Å²) in [7, 11) is 0. The van der Waals surface area contributed by atoms with E-state index in [9.17, 15) is 61.3 Å². The highest BCUT2D eigenvalue weighted by molar-refractivity contribution is 5.59. The highest BCUT2D eigenvalue weighted by atomic mass is 16.7. The topological polar surface area (TPSA) is 317 Å². The average molecular weight is 1180 g/mol. The van der Waals surface area contributed by atoms with Gasteiger partial charge in [0, 0.05) is 25.7 Å². The Bertz CT molecular complexity index is 2340. The van der Waals surface area contributed by atoms with Gasteiger partial charge < -0.3 is 99.2 Å². The van der Waals surface area contributed by atoms with Crippen molar-refractivity contribution >= 4 is 0 Å². The monoisotopic (exact) mass is 1180 g/mol. The maximum Gasteiger partial charge on any atom is 0.183 e. The van der Waals surface area contributed by atoms with E-state index in [0.717, 1.165) is 66.8 Å². The predicted molar refractivity (Wildman–Crippen MR) is 305 cm³/mol. The van der Waals surface area contributed by atoms with Crippen molar-refractivity contribution in [3.8, 4) is 23.0 Å². The summed E-state index contributed by atoms with van der Waals surface area (Å²) in [6, 6.07) is 16.6. The molecule has 4 saturated heterocycles. The van der Waals surface area contributed by atoms with E-state index in [1.165, 1.54) is 0 Å². The summed E-state index contributed by atoms with van der Waals surface area (Å²) < 4.78 is 50.2. The van der Waals surface area contributed by atoms with Gasteiger partial charge in [-0.25, -0.2) is 0 Å². The summed E-state index contributed by atoms with van der Waals surface area (Å²) in [4.78, 5) is 0. The minimum absolute atomic E-state index is 0.260. The normalized spacial score (nSPS) is 30.3. The van der Waals surface area contributed by atoms with Crippen LogP contribution in [0.15, 0.2) is 48.5 Å². The first-order valence-corrected chi connectivity index (χ1v) is 30.3. The average Bonchev–Trinajstić information content (AvgIpc) is 3.12. The van der Waals surface area contributed by atoms with Crippen molar-refractivity contribution in [1.82, 2.24) is 0 Å². The second kappa shape index (κ2) is 29.0. The Balaban J connectivity index is 1.27. The van der Waals surface area contributed by atoms with Gasteiger partial charge in [0.2, 0.25) is 0 Å². The Morgan fingerprint density at radius 1 is 0.298 bits per heavy atom. The molecular weight excluding hydrogens is 1090 g/mol. The van der Waals surface area contributed by atoms with Crippen LogP contribution in [0.1, 0.15) is 146 Å². The molecule has 0 spiro atoms. The zero-order valence-electron chi connectivity index (χ0n) is 48.6. The van der Waals surface area contributed by atoms with E-state index in [-0.39, 0.29) is 51.4 Å². The van der Waals surface area contributed by atoms with Gasteiger partial charge in [-0.05, 0) is 144 Å². The van der Waals surface area contributed by atoms with Gasteiger partial charge >= 0.3 is 0 Å². The maximum absolute atomic E-state index is 10.9. The van der Waals surface area contributed by atoms with Crippen LogP contribution in [0.25, 0.3) is 0 Å². The molecule has 8 bridgehead atoms. The lowest BCUT2D eigenvalue weighted by atomic mass is 9.86. The molecule has 0 radical (unpaired) electrons. The van der Waals surface area contributed by atoms with Crippen LogP contribution in [0.4, 0.5) is 0 Å². The van der Waals surface area contributed by atoms with Crippen molar-refractivity contribution in [2.45, 2.75) is 229 Å². The Hall–Kier alpha value is -4.56. The summed E-state index contributed by atoms with van der Waals surface area (Å²) >= 11 is 0. The highest BCUT2D eigenvalue weighted by Crippen LogP contribution is 2.43. The highest BCUT2D eigenvalue weighted by Gasteiger charge is 2.44. The molecule has 464 valence electrons. The fraction of sp³-hybridized carbons (Fsp3) is 0.625. The van der Waals surface area contributed by atoms with Crippen molar-refractivity contribution in [1.29, 1.82) is 0 Å². The predicted octanol–water partition coefficient (Wildman–Crippen LogP) is 3.00. The van der Waals surface area contributed by atoms with Crippen LogP contribution in [0.5, 0.6) is 23.0 Å². The minimum Gasteiger partial charge on any atom is -0.493 e. The van der Waals surface area contributed by atoms with E-state index in [0.29, 0.717) is 101 Å². The molecular formula is C64H88O20. The fourth-order valence-electron chi connectivity index (χ4n) is 12.4. The van der Waals surface area contributed by atoms with Crippen molar-refractivity contribution in [3.63, 3.8) is 0 Å². The van der Waals surface area contributed by atoms with Crippen molar-refractivity contribution in [2.75, 3.05) is 26.4 Å². The molecule has 0 aromatic heterocycles. The minimum atomic E-state index is -1.54. The van der Waals surface area contributed by atoms with E-state index in [4.69, 9.17) is 37.9 Å². The van der Waals surface area contributed by atoms with E-state index in [2.05, 4.69) is 48.5 Å². The van der Waals surface area contributed by atoms with E-state index in [1.54, 1.807) is 0 Å². The van der Waals surface area contributed by atoms with Crippen LogP contribution >= 0.6 is 0 Å². The second-order valence-corrected chi connectivity index (χ2v) is 23.4. The molecule has 12 N–H and O–H groups in total. The number of aliphatic hydroxyl groups is 12. The molecule has 0 unspecified atom stereocenters. The maximum atomic E-state index is 10.9. The van der Waals surface area contributed by atoms with Gasteiger partial charge in [-0.3, -0.25) is 0 Å². The summed E-state index contributed by atoms with van der Waals surface area (Å²) in [5.74, 6) is 2.59. The molecule has 0 saturated carbocycles. The van der Waals surface area contributed by atoms with Gasteiger partial charge in [0.15, 0.2) is 25.2 Å².